The molecule has 0 spiro atoms. The summed E-state index contributed by atoms with van der Waals surface area (Å²) in [4.78, 5) is 17.9. The molecule has 0 saturated carbocycles. The zero-order valence-electron chi connectivity index (χ0n) is 30.1. The van der Waals surface area contributed by atoms with Crippen LogP contribution in [0.3, 0.4) is 0 Å². The minimum absolute atomic E-state index is 0.102. The van der Waals surface area contributed by atoms with Crippen molar-refractivity contribution in [3.8, 4) is 27.6 Å². The summed E-state index contributed by atoms with van der Waals surface area (Å²) in [6.07, 6.45) is 4.52. The van der Waals surface area contributed by atoms with Gasteiger partial charge in [0.2, 0.25) is 0 Å². The monoisotopic (exact) mass is 764 g/mol. The number of hydrogen-bond acceptors (Lipinski definition) is 7. The second-order valence-electron chi connectivity index (χ2n) is 13.8. The van der Waals surface area contributed by atoms with E-state index >= 15 is 4.39 Å². The normalized spacial score (nSPS) is 12.5. The van der Waals surface area contributed by atoms with Crippen LogP contribution in [0.5, 0.6) is 11.5 Å². The maximum absolute atomic E-state index is 15.9. The quantitative estimate of drug-likeness (QED) is 0.102. The molecule has 7 rings (SSSR count). The molecule has 0 aliphatic carbocycles. The van der Waals surface area contributed by atoms with E-state index in [-0.39, 0.29) is 26.3 Å². The number of fused-ring (bicyclic) bond motifs is 1. The summed E-state index contributed by atoms with van der Waals surface area (Å²) in [5, 5.41) is 6.80. The van der Waals surface area contributed by atoms with E-state index in [1.165, 1.54) is 24.5 Å². The average Bonchev–Trinajstić information content (AvgIpc) is 3.89. The minimum Gasteiger partial charge on any atom is -0.533 e. The van der Waals surface area contributed by atoms with Crippen LogP contribution < -0.4 is 19.5 Å². The molecule has 0 radical (unpaired) electrons. The molecular formula is C41H38ClFN4O4SSi. The second kappa shape index (κ2) is 14.3. The highest BCUT2D eigenvalue weighted by Crippen LogP contribution is 2.43. The summed E-state index contributed by atoms with van der Waals surface area (Å²) in [5.41, 5.74) is 3.67. The van der Waals surface area contributed by atoms with Gasteiger partial charge in [0, 0.05) is 24.9 Å². The van der Waals surface area contributed by atoms with Crippen molar-refractivity contribution in [1.82, 2.24) is 19.3 Å². The first-order valence-corrected chi connectivity index (χ1v) is 20.1. The number of carbonyl (C=O) groups excluding carboxylic acids is 1. The van der Waals surface area contributed by atoms with Gasteiger partial charge < -0.3 is 13.9 Å². The molecule has 3 aromatic heterocycles. The number of esters is 1. The van der Waals surface area contributed by atoms with Gasteiger partial charge in [0.25, 0.3) is 0 Å². The van der Waals surface area contributed by atoms with Crippen LogP contribution in [0, 0.1) is 5.82 Å². The highest BCUT2D eigenvalue weighted by molar-refractivity contribution is 7.16. The number of benzene rings is 4. The van der Waals surface area contributed by atoms with Crippen LogP contribution in [0.15, 0.2) is 116 Å². The van der Waals surface area contributed by atoms with Crippen molar-refractivity contribution in [3.63, 3.8) is 0 Å². The van der Waals surface area contributed by atoms with Gasteiger partial charge in [0.15, 0.2) is 4.88 Å². The fraction of sp³-hybridized carbons (Fsp3) is 0.195. The van der Waals surface area contributed by atoms with Gasteiger partial charge in [0.1, 0.15) is 34.7 Å². The Hall–Kier alpha value is -5.23. The molecule has 0 bridgehead atoms. The highest BCUT2D eigenvalue weighted by Gasteiger charge is 2.52. The lowest BCUT2D eigenvalue weighted by molar-refractivity contribution is 0.0600. The van der Waals surface area contributed by atoms with Gasteiger partial charge in [0.05, 0.1) is 34.9 Å². The molecule has 0 N–H and O–H groups in total. The second-order valence-corrected chi connectivity index (χ2v) is 19.4. The average molecular weight is 765 g/mol. The lowest BCUT2D eigenvalue weighted by atomic mass is 10.1. The molecule has 1 unspecified atom stereocenters. The zero-order chi connectivity index (χ0) is 37.5. The zero-order valence-corrected chi connectivity index (χ0v) is 32.7. The smallest absolute Gasteiger partial charge is 0.351 e. The lowest BCUT2D eigenvalue weighted by Crippen LogP contribution is -2.68. The van der Waals surface area contributed by atoms with Crippen molar-refractivity contribution in [3.05, 3.63) is 137 Å². The van der Waals surface area contributed by atoms with E-state index in [0.29, 0.717) is 10.8 Å². The number of ether oxygens (including phenoxy) is 2. The number of hydrogen-bond donors (Lipinski definition) is 0. The van der Waals surface area contributed by atoms with E-state index in [0.717, 1.165) is 32.5 Å². The Morgan fingerprint density at radius 2 is 1.60 bits per heavy atom. The SMILES string of the molecule is COC(=O)c1sc(-n2cnc3cc(-c4cnn(C)c4)ccc32)cc1OC(C)c1c(F)ccc(O[Si](c2ccccc2)(c2ccccc2)C(C)(C)C)c1Cl. The Labute approximate surface area is 317 Å². The number of rotatable bonds is 10. The molecule has 0 amide bonds. The van der Waals surface area contributed by atoms with Crippen molar-refractivity contribution in [2.75, 3.05) is 7.11 Å². The first kappa shape index (κ1) is 36.1. The minimum atomic E-state index is -3.09. The number of nitrogens with zero attached hydrogens (tertiary/aromatic N) is 4. The van der Waals surface area contributed by atoms with Gasteiger partial charge in [-0.05, 0) is 52.2 Å². The molecule has 12 heteroatoms. The number of methoxy groups -OCH3 is 1. The van der Waals surface area contributed by atoms with Crippen LogP contribution in [0.4, 0.5) is 4.39 Å². The van der Waals surface area contributed by atoms with E-state index < -0.39 is 26.2 Å². The first-order valence-electron chi connectivity index (χ1n) is 17.0. The molecule has 0 saturated heterocycles. The van der Waals surface area contributed by atoms with Crippen molar-refractivity contribution in [2.45, 2.75) is 38.8 Å². The lowest BCUT2D eigenvalue weighted by Gasteiger charge is -2.43. The predicted molar refractivity (Wildman–Crippen MR) is 211 cm³/mol. The van der Waals surface area contributed by atoms with Crippen molar-refractivity contribution >= 4 is 58.6 Å². The maximum Gasteiger partial charge on any atom is 0.351 e. The molecule has 0 aliphatic heterocycles. The molecule has 8 nitrogen and oxygen atoms in total. The molecule has 270 valence electrons. The number of imidazole rings is 1. The van der Waals surface area contributed by atoms with Crippen molar-refractivity contribution in [2.24, 2.45) is 7.05 Å². The van der Waals surface area contributed by atoms with E-state index in [9.17, 15) is 4.79 Å². The van der Waals surface area contributed by atoms with Crippen molar-refractivity contribution in [1.29, 1.82) is 0 Å². The third kappa shape index (κ3) is 6.64. The summed E-state index contributed by atoms with van der Waals surface area (Å²) in [6, 6.07) is 30.9. The Morgan fingerprint density at radius 1 is 0.925 bits per heavy atom. The number of thiophene rings is 1. The summed E-state index contributed by atoms with van der Waals surface area (Å²) in [7, 11) is 0.0895. The van der Waals surface area contributed by atoms with E-state index in [4.69, 9.17) is 25.5 Å². The Morgan fingerprint density at radius 3 is 2.21 bits per heavy atom. The Bertz CT molecular complexity index is 2380. The predicted octanol–water partition coefficient (Wildman–Crippen LogP) is 9.15. The number of aryl methyl sites for hydroxylation is 1. The van der Waals surface area contributed by atoms with Crippen LogP contribution in [0.2, 0.25) is 10.1 Å². The molecule has 7 aromatic rings. The van der Waals surface area contributed by atoms with E-state index in [2.05, 4.69) is 55.1 Å². The van der Waals surface area contributed by atoms with Crippen LogP contribution in [0.1, 0.15) is 49.0 Å². The van der Waals surface area contributed by atoms with Crippen molar-refractivity contribution < 1.29 is 23.1 Å². The molecular weight excluding hydrogens is 727 g/mol. The Balaban J connectivity index is 1.25. The Kier molecular flexibility index (Phi) is 9.75. The first-order chi connectivity index (χ1) is 25.4. The topological polar surface area (TPSA) is 80.4 Å². The van der Waals surface area contributed by atoms with Gasteiger partial charge in [-0.1, -0.05) is 99.1 Å². The summed E-state index contributed by atoms with van der Waals surface area (Å²) >= 11 is 8.30. The van der Waals surface area contributed by atoms with Crippen LogP contribution >= 0.6 is 22.9 Å². The van der Waals surface area contributed by atoms with Gasteiger partial charge in [-0.25, -0.2) is 14.2 Å². The fourth-order valence-corrected chi connectivity index (χ4v) is 12.6. The number of carbonyl (C=O) groups is 1. The molecule has 0 fully saturated rings. The van der Waals surface area contributed by atoms with Gasteiger partial charge in [-0.15, -0.1) is 11.3 Å². The maximum atomic E-state index is 15.9. The van der Waals surface area contributed by atoms with Crippen LogP contribution in [-0.2, 0) is 11.8 Å². The van der Waals surface area contributed by atoms with Gasteiger partial charge >= 0.3 is 14.3 Å². The largest absolute Gasteiger partial charge is 0.533 e. The third-order valence-corrected chi connectivity index (χ3v) is 15.8. The highest BCUT2D eigenvalue weighted by atomic mass is 35.5. The summed E-state index contributed by atoms with van der Waals surface area (Å²) < 4.78 is 38.2. The molecule has 3 heterocycles. The molecule has 53 heavy (non-hydrogen) atoms. The number of aromatic nitrogens is 4. The van der Waals surface area contributed by atoms with Crippen LogP contribution in [0.25, 0.3) is 27.2 Å². The van der Waals surface area contributed by atoms with Gasteiger partial charge in [-0.2, -0.15) is 5.10 Å². The number of halogens is 2. The summed E-state index contributed by atoms with van der Waals surface area (Å²) in [6.45, 7) is 8.18. The third-order valence-electron chi connectivity index (χ3n) is 9.36. The van der Waals surface area contributed by atoms with E-state index in [1.807, 2.05) is 72.4 Å². The summed E-state index contributed by atoms with van der Waals surface area (Å²) in [5.74, 6) is -0.561. The molecule has 1 atom stereocenters. The standard InChI is InChI=1S/C41H38ClFN4O4SSi/c1-26(37-31(43)18-20-34(38(37)42)51-53(41(2,3)4,29-13-9-7-10-14-29)30-15-11-8-12-16-30)50-35-22-36(52-39(35)40(48)49-6)47-25-44-32-21-27(17-19-33(32)47)28-23-45-46(5)24-28/h7-26H,1-6H3. The van der Waals surface area contributed by atoms with Crippen LogP contribution in [-0.4, -0.2) is 40.7 Å². The molecule has 0 aliphatic rings. The fourth-order valence-electron chi connectivity index (χ4n) is 6.81. The molecule has 4 aromatic carbocycles. The van der Waals surface area contributed by atoms with E-state index in [1.54, 1.807) is 36.3 Å². The van der Waals surface area contributed by atoms with Gasteiger partial charge in [-0.3, -0.25) is 9.25 Å².